The molecule has 2 aliphatic rings. The molecule has 24 heavy (non-hydrogen) atoms. The molecule has 1 aliphatic heterocycles. The van der Waals surface area contributed by atoms with E-state index in [0.717, 1.165) is 17.7 Å². The van der Waals surface area contributed by atoms with Gasteiger partial charge in [0.15, 0.2) is 0 Å². The van der Waals surface area contributed by atoms with Gasteiger partial charge in [0.25, 0.3) is 11.8 Å². The zero-order valence-corrected chi connectivity index (χ0v) is 14.4. The Labute approximate surface area is 146 Å². The number of imide groups is 1. The fraction of sp³-hybridized carbons (Fsp3) is 0.375. The highest BCUT2D eigenvalue weighted by atomic mass is 79.9. The molecule has 1 atom stereocenters. The standard InChI is InChI=1S/C16H15BrN2O5/c1-8(16(23)24)19(10-3-4-10)13(20)7-18-14(21)11-5-2-9(17)6-12(11)15(18)22/h2,5-6,8,10H,3-4,7H2,1H3,(H,23,24). The van der Waals surface area contributed by atoms with Gasteiger partial charge in [0, 0.05) is 10.5 Å². The molecule has 3 amide bonds. The average Bonchev–Trinajstić information content (AvgIpc) is 3.32. The third-order valence-electron chi connectivity index (χ3n) is 4.23. The maximum absolute atomic E-state index is 12.5. The average molecular weight is 395 g/mol. The number of halogens is 1. The number of amides is 3. The summed E-state index contributed by atoms with van der Waals surface area (Å²) >= 11 is 3.25. The highest BCUT2D eigenvalue weighted by Gasteiger charge is 2.42. The Morgan fingerprint density at radius 2 is 1.92 bits per heavy atom. The summed E-state index contributed by atoms with van der Waals surface area (Å²) in [7, 11) is 0. The summed E-state index contributed by atoms with van der Waals surface area (Å²) in [6.07, 6.45) is 1.47. The van der Waals surface area contributed by atoms with Crippen molar-refractivity contribution in [2.24, 2.45) is 0 Å². The Hall–Kier alpha value is -2.22. The normalized spacial score (nSPS) is 17.7. The lowest BCUT2D eigenvalue weighted by Crippen LogP contribution is -2.49. The molecular weight excluding hydrogens is 380 g/mol. The number of carbonyl (C=O) groups is 4. The Kier molecular flexibility index (Phi) is 4.16. The van der Waals surface area contributed by atoms with E-state index in [0.29, 0.717) is 4.47 Å². The van der Waals surface area contributed by atoms with Crippen LogP contribution >= 0.6 is 15.9 Å². The van der Waals surface area contributed by atoms with Crippen molar-refractivity contribution in [3.8, 4) is 0 Å². The number of nitrogens with zero attached hydrogens (tertiary/aromatic N) is 2. The summed E-state index contributed by atoms with van der Waals surface area (Å²) in [6.45, 7) is 0.982. The molecule has 1 saturated carbocycles. The van der Waals surface area contributed by atoms with Crippen LogP contribution in [0.25, 0.3) is 0 Å². The van der Waals surface area contributed by atoms with Crippen LogP contribution in [0.15, 0.2) is 22.7 Å². The van der Waals surface area contributed by atoms with E-state index in [2.05, 4.69) is 15.9 Å². The molecule has 1 aromatic rings. The van der Waals surface area contributed by atoms with Crippen LogP contribution in [0.1, 0.15) is 40.5 Å². The molecule has 1 aliphatic carbocycles. The van der Waals surface area contributed by atoms with Gasteiger partial charge >= 0.3 is 5.97 Å². The number of fused-ring (bicyclic) bond motifs is 1. The zero-order chi connectivity index (χ0) is 17.6. The largest absolute Gasteiger partial charge is 0.480 e. The van der Waals surface area contributed by atoms with Crippen molar-refractivity contribution in [1.82, 2.24) is 9.80 Å². The fourth-order valence-corrected chi connectivity index (χ4v) is 3.19. The zero-order valence-electron chi connectivity index (χ0n) is 12.9. The van der Waals surface area contributed by atoms with Gasteiger partial charge in [-0.3, -0.25) is 19.3 Å². The number of benzene rings is 1. The summed E-state index contributed by atoms with van der Waals surface area (Å²) < 4.78 is 0.662. The van der Waals surface area contributed by atoms with Gasteiger partial charge in [-0.25, -0.2) is 4.79 Å². The lowest BCUT2D eigenvalue weighted by molar-refractivity contribution is -0.150. The molecule has 0 aromatic heterocycles. The van der Waals surface area contributed by atoms with E-state index in [4.69, 9.17) is 5.11 Å². The highest BCUT2D eigenvalue weighted by molar-refractivity contribution is 9.10. The molecule has 1 N–H and O–H groups in total. The summed E-state index contributed by atoms with van der Waals surface area (Å²) in [5, 5.41) is 9.17. The minimum atomic E-state index is -1.11. The second kappa shape index (κ2) is 6.01. The first-order chi connectivity index (χ1) is 11.3. The number of hydrogen-bond donors (Lipinski definition) is 1. The van der Waals surface area contributed by atoms with Crippen LogP contribution < -0.4 is 0 Å². The molecule has 0 bridgehead atoms. The van der Waals surface area contributed by atoms with E-state index in [9.17, 15) is 19.2 Å². The Morgan fingerprint density at radius 1 is 1.29 bits per heavy atom. The highest BCUT2D eigenvalue weighted by Crippen LogP contribution is 2.30. The third kappa shape index (κ3) is 2.82. The molecule has 126 valence electrons. The van der Waals surface area contributed by atoms with Crippen molar-refractivity contribution in [3.05, 3.63) is 33.8 Å². The van der Waals surface area contributed by atoms with Crippen molar-refractivity contribution in [3.63, 3.8) is 0 Å². The fourth-order valence-electron chi connectivity index (χ4n) is 2.83. The Balaban J connectivity index is 1.81. The first-order valence-electron chi connectivity index (χ1n) is 7.51. The van der Waals surface area contributed by atoms with E-state index in [-0.39, 0.29) is 17.2 Å². The van der Waals surface area contributed by atoms with Crippen LogP contribution in [0.2, 0.25) is 0 Å². The summed E-state index contributed by atoms with van der Waals surface area (Å²) in [5.41, 5.74) is 0.492. The van der Waals surface area contributed by atoms with Crippen molar-refractivity contribution >= 4 is 39.6 Å². The number of carboxylic acid groups (broad SMARTS) is 1. The maximum Gasteiger partial charge on any atom is 0.326 e. The lowest BCUT2D eigenvalue weighted by Gasteiger charge is -2.28. The van der Waals surface area contributed by atoms with Gasteiger partial charge in [0.1, 0.15) is 12.6 Å². The number of aliphatic carboxylic acids is 1. The molecule has 1 fully saturated rings. The lowest BCUT2D eigenvalue weighted by atomic mass is 10.1. The molecule has 0 saturated heterocycles. The van der Waals surface area contributed by atoms with Crippen LogP contribution in [0.3, 0.4) is 0 Å². The third-order valence-corrected chi connectivity index (χ3v) is 4.72. The van der Waals surface area contributed by atoms with Gasteiger partial charge in [-0.1, -0.05) is 15.9 Å². The van der Waals surface area contributed by atoms with Gasteiger partial charge in [0.05, 0.1) is 11.1 Å². The number of carbonyl (C=O) groups excluding carboxylic acids is 3. The Morgan fingerprint density at radius 3 is 2.50 bits per heavy atom. The quantitative estimate of drug-likeness (QED) is 0.763. The van der Waals surface area contributed by atoms with Crippen LogP contribution in [0.5, 0.6) is 0 Å². The van der Waals surface area contributed by atoms with Gasteiger partial charge < -0.3 is 10.0 Å². The van der Waals surface area contributed by atoms with Crippen molar-refractivity contribution in [2.45, 2.75) is 31.8 Å². The minimum absolute atomic E-state index is 0.132. The summed E-state index contributed by atoms with van der Waals surface area (Å²) in [4.78, 5) is 50.7. The van der Waals surface area contributed by atoms with Gasteiger partial charge in [-0.2, -0.15) is 0 Å². The van der Waals surface area contributed by atoms with E-state index >= 15 is 0 Å². The predicted octanol–water partition coefficient (Wildman–Crippen LogP) is 1.51. The number of hydrogen-bond acceptors (Lipinski definition) is 4. The molecule has 0 radical (unpaired) electrons. The van der Waals surface area contributed by atoms with Crippen molar-refractivity contribution < 1.29 is 24.3 Å². The van der Waals surface area contributed by atoms with E-state index in [1.165, 1.54) is 17.9 Å². The Bertz CT molecular complexity index is 759. The van der Waals surface area contributed by atoms with Gasteiger partial charge in [0.2, 0.25) is 5.91 Å². The predicted molar refractivity (Wildman–Crippen MR) is 86.5 cm³/mol. The van der Waals surface area contributed by atoms with Crippen LogP contribution in [0, 0.1) is 0 Å². The van der Waals surface area contributed by atoms with Crippen molar-refractivity contribution in [1.29, 1.82) is 0 Å². The molecule has 8 heteroatoms. The smallest absolute Gasteiger partial charge is 0.326 e. The minimum Gasteiger partial charge on any atom is -0.480 e. The molecule has 1 unspecified atom stereocenters. The van der Waals surface area contributed by atoms with Gasteiger partial charge in [-0.05, 0) is 38.0 Å². The first-order valence-corrected chi connectivity index (χ1v) is 8.30. The van der Waals surface area contributed by atoms with E-state index < -0.39 is 36.3 Å². The summed E-state index contributed by atoms with van der Waals surface area (Å²) in [6, 6.07) is 3.60. The van der Waals surface area contributed by atoms with Crippen LogP contribution in [-0.2, 0) is 9.59 Å². The molecule has 0 spiro atoms. The molecule has 3 rings (SSSR count). The first kappa shape index (κ1) is 16.6. The summed E-state index contributed by atoms with van der Waals surface area (Å²) in [5.74, 6) is -2.71. The van der Waals surface area contributed by atoms with E-state index in [1.807, 2.05) is 0 Å². The second-order valence-corrected chi connectivity index (χ2v) is 6.85. The topological polar surface area (TPSA) is 95.0 Å². The SMILES string of the molecule is CC(C(=O)O)N(C(=O)CN1C(=O)c2ccc(Br)cc2C1=O)C1CC1. The van der Waals surface area contributed by atoms with Crippen molar-refractivity contribution in [2.75, 3.05) is 6.54 Å². The van der Waals surface area contributed by atoms with E-state index in [1.54, 1.807) is 12.1 Å². The van der Waals surface area contributed by atoms with Crippen LogP contribution in [0.4, 0.5) is 0 Å². The molecule has 7 nitrogen and oxygen atoms in total. The molecular formula is C16H15BrN2O5. The number of carboxylic acids is 1. The number of rotatable bonds is 5. The second-order valence-electron chi connectivity index (χ2n) is 5.93. The molecule has 1 aromatic carbocycles. The monoisotopic (exact) mass is 394 g/mol. The van der Waals surface area contributed by atoms with Gasteiger partial charge in [-0.15, -0.1) is 0 Å². The molecule has 1 heterocycles. The maximum atomic E-state index is 12.5. The van der Waals surface area contributed by atoms with Crippen LogP contribution in [-0.4, -0.2) is 57.2 Å².